The Morgan fingerprint density at radius 1 is 1.00 bits per heavy atom. The van der Waals surface area contributed by atoms with Gasteiger partial charge in [-0.15, -0.1) is 0 Å². The highest BCUT2D eigenvalue weighted by Crippen LogP contribution is 2.27. The smallest absolute Gasteiger partial charge is 0.243 e. The quantitative estimate of drug-likeness (QED) is 0.437. The second kappa shape index (κ2) is 11.9. The summed E-state index contributed by atoms with van der Waals surface area (Å²) in [5, 5.41) is 5.47. The minimum absolute atomic E-state index is 0.171. The maximum absolute atomic E-state index is 12.6. The molecule has 0 aromatic carbocycles. The van der Waals surface area contributed by atoms with Crippen LogP contribution in [0.1, 0.15) is 71.6 Å². The Kier molecular flexibility index (Phi) is 10.2. The molecular weight excluding hydrogens is 332 g/mol. The molecule has 0 aliphatic heterocycles. The van der Waals surface area contributed by atoms with Gasteiger partial charge in [-0.1, -0.05) is 46.0 Å². The van der Waals surface area contributed by atoms with E-state index in [-0.39, 0.29) is 18.4 Å². The molecule has 1 fully saturated rings. The largest absolute Gasteiger partial charge is 0.368 e. The van der Waals surface area contributed by atoms with Crippen LogP contribution >= 0.6 is 0 Å². The predicted octanol–water partition coefficient (Wildman–Crippen LogP) is 1.20. The Morgan fingerprint density at radius 2 is 1.65 bits per heavy atom. The molecule has 0 aromatic heterocycles. The molecule has 0 bridgehead atoms. The summed E-state index contributed by atoms with van der Waals surface area (Å²) in [4.78, 5) is 36.4. The molecule has 0 saturated heterocycles. The first-order chi connectivity index (χ1) is 12.3. The van der Waals surface area contributed by atoms with E-state index in [0.717, 1.165) is 32.1 Å². The van der Waals surface area contributed by atoms with Crippen molar-refractivity contribution in [2.45, 2.75) is 83.7 Å². The number of nitrogens with two attached hydrogens (primary N) is 2. The number of carbonyl (C=O) groups is 3. The van der Waals surface area contributed by atoms with E-state index in [2.05, 4.69) is 10.6 Å². The van der Waals surface area contributed by atoms with Crippen LogP contribution in [0, 0.1) is 11.8 Å². The highest BCUT2D eigenvalue weighted by atomic mass is 16.2. The van der Waals surface area contributed by atoms with Crippen LogP contribution in [0.15, 0.2) is 0 Å². The summed E-state index contributed by atoms with van der Waals surface area (Å²) in [5.74, 6) is -0.253. The zero-order valence-corrected chi connectivity index (χ0v) is 16.3. The van der Waals surface area contributed by atoms with Crippen molar-refractivity contribution < 1.29 is 14.4 Å². The normalized spacial score (nSPS) is 17.5. The van der Waals surface area contributed by atoms with Gasteiger partial charge in [0.1, 0.15) is 12.1 Å². The van der Waals surface area contributed by atoms with Gasteiger partial charge >= 0.3 is 0 Å². The minimum Gasteiger partial charge on any atom is -0.368 e. The molecular formula is C19H36N4O3. The third kappa shape index (κ3) is 8.65. The van der Waals surface area contributed by atoms with E-state index in [4.69, 9.17) is 11.5 Å². The lowest BCUT2D eigenvalue weighted by Crippen LogP contribution is -2.54. The average molecular weight is 369 g/mol. The topological polar surface area (TPSA) is 127 Å². The molecule has 7 nitrogen and oxygen atoms in total. The highest BCUT2D eigenvalue weighted by Gasteiger charge is 2.27. The van der Waals surface area contributed by atoms with E-state index < -0.39 is 18.0 Å². The molecule has 0 aromatic rings. The van der Waals surface area contributed by atoms with E-state index >= 15 is 0 Å². The number of hydrogen-bond acceptors (Lipinski definition) is 4. The molecule has 0 spiro atoms. The van der Waals surface area contributed by atoms with Gasteiger partial charge in [-0.2, -0.15) is 0 Å². The van der Waals surface area contributed by atoms with Crippen molar-refractivity contribution in [1.82, 2.24) is 10.6 Å². The fourth-order valence-corrected chi connectivity index (χ4v) is 3.40. The predicted molar refractivity (Wildman–Crippen MR) is 102 cm³/mol. The number of rotatable bonds is 11. The molecule has 3 amide bonds. The fourth-order valence-electron chi connectivity index (χ4n) is 3.40. The van der Waals surface area contributed by atoms with Gasteiger partial charge in [-0.3, -0.25) is 14.4 Å². The van der Waals surface area contributed by atoms with E-state index in [9.17, 15) is 14.4 Å². The van der Waals surface area contributed by atoms with Gasteiger partial charge in [-0.25, -0.2) is 0 Å². The Balaban J connectivity index is 2.60. The molecule has 0 radical (unpaired) electrons. The second-order valence-corrected chi connectivity index (χ2v) is 7.83. The molecule has 0 unspecified atom stereocenters. The lowest BCUT2D eigenvalue weighted by atomic mass is 9.84. The summed E-state index contributed by atoms with van der Waals surface area (Å²) in [5.41, 5.74) is 11.1. The van der Waals surface area contributed by atoms with Crippen molar-refractivity contribution in [2.24, 2.45) is 23.3 Å². The highest BCUT2D eigenvalue weighted by molar-refractivity contribution is 5.91. The van der Waals surface area contributed by atoms with E-state index in [0.29, 0.717) is 31.1 Å². The van der Waals surface area contributed by atoms with Crippen molar-refractivity contribution in [3.63, 3.8) is 0 Å². The molecule has 1 rings (SSSR count). The van der Waals surface area contributed by atoms with Gasteiger partial charge in [0.05, 0.1) is 0 Å². The molecule has 26 heavy (non-hydrogen) atoms. The van der Waals surface area contributed by atoms with Crippen LogP contribution in [0.2, 0.25) is 0 Å². The third-order valence-corrected chi connectivity index (χ3v) is 5.01. The maximum Gasteiger partial charge on any atom is 0.243 e. The van der Waals surface area contributed by atoms with Crippen molar-refractivity contribution in [1.29, 1.82) is 0 Å². The Hall–Kier alpha value is -1.63. The SMILES string of the molecule is CC(C)CCC(=O)N[C@@H](CCN)C(=O)N[C@@H](CC1CCCCC1)C(N)=O. The molecule has 1 aliphatic carbocycles. The number of amides is 3. The van der Waals surface area contributed by atoms with Gasteiger partial charge in [-0.05, 0) is 37.6 Å². The summed E-state index contributed by atoms with van der Waals surface area (Å²) < 4.78 is 0. The first-order valence-electron chi connectivity index (χ1n) is 9.92. The Morgan fingerprint density at radius 3 is 2.19 bits per heavy atom. The van der Waals surface area contributed by atoms with Crippen LogP contribution in [-0.2, 0) is 14.4 Å². The number of carbonyl (C=O) groups excluding carboxylic acids is 3. The standard InChI is InChI=1S/C19H36N4O3/c1-13(2)8-9-17(24)22-15(10-11-20)19(26)23-16(18(21)25)12-14-6-4-3-5-7-14/h13-16H,3-12,20H2,1-2H3,(H2,21,25)(H,22,24)(H,23,26)/t15-,16-/m0/s1. The van der Waals surface area contributed by atoms with E-state index in [1.54, 1.807) is 0 Å². The van der Waals surface area contributed by atoms with Crippen molar-refractivity contribution in [3.8, 4) is 0 Å². The van der Waals surface area contributed by atoms with Gasteiger partial charge in [0.2, 0.25) is 17.7 Å². The van der Waals surface area contributed by atoms with Crippen molar-refractivity contribution in [3.05, 3.63) is 0 Å². The van der Waals surface area contributed by atoms with E-state index in [1.807, 2.05) is 13.8 Å². The van der Waals surface area contributed by atoms with Gasteiger partial charge in [0, 0.05) is 6.42 Å². The zero-order valence-electron chi connectivity index (χ0n) is 16.3. The Bertz CT molecular complexity index is 462. The van der Waals surface area contributed by atoms with E-state index in [1.165, 1.54) is 6.42 Å². The molecule has 1 saturated carbocycles. The molecule has 7 heteroatoms. The molecule has 0 heterocycles. The maximum atomic E-state index is 12.6. The molecule has 1 aliphatic rings. The summed E-state index contributed by atoms with van der Waals surface area (Å²) in [6, 6.07) is -1.42. The lowest BCUT2D eigenvalue weighted by Gasteiger charge is -2.27. The van der Waals surface area contributed by atoms with Crippen LogP contribution in [0.5, 0.6) is 0 Å². The first-order valence-corrected chi connectivity index (χ1v) is 9.92. The molecule has 150 valence electrons. The van der Waals surface area contributed by atoms with Gasteiger partial charge in [0.25, 0.3) is 0 Å². The van der Waals surface area contributed by atoms with Crippen LogP contribution in [-0.4, -0.2) is 36.3 Å². The van der Waals surface area contributed by atoms with Gasteiger partial charge in [0.15, 0.2) is 0 Å². The second-order valence-electron chi connectivity index (χ2n) is 7.83. The fraction of sp³-hybridized carbons (Fsp3) is 0.842. The van der Waals surface area contributed by atoms with Crippen LogP contribution in [0.4, 0.5) is 0 Å². The minimum atomic E-state index is -0.729. The lowest BCUT2D eigenvalue weighted by molar-refractivity contribution is -0.131. The van der Waals surface area contributed by atoms with Crippen LogP contribution in [0.25, 0.3) is 0 Å². The molecule has 2 atom stereocenters. The summed E-state index contributed by atoms with van der Waals surface area (Å²) >= 11 is 0. The van der Waals surface area contributed by atoms with Crippen molar-refractivity contribution >= 4 is 17.7 Å². The van der Waals surface area contributed by atoms with Crippen molar-refractivity contribution in [2.75, 3.05) is 6.54 Å². The average Bonchev–Trinajstić information content (AvgIpc) is 2.59. The Labute approximate surface area is 157 Å². The summed E-state index contributed by atoms with van der Waals surface area (Å²) in [6.45, 7) is 4.35. The van der Waals surface area contributed by atoms with Crippen LogP contribution < -0.4 is 22.1 Å². The third-order valence-electron chi connectivity index (χ3n) is 5.01. The van der Waals surface area contributed by atoms with Crippen LogP contribution in [0.3, 0.4) is 0 Å². The number of hydrogen-bond donors (Lipinski definition) is 4. The summed E-state index contributed by atoms with van der Waals surface area (Å²) in [7, 11) is 0. The number of primary amides is 1. The van der Waals surface area contributed by atoms with Gasteiger partial charge < -0.3 is 22.1 Å². The first kappa shape index (κ1) is 22.4. The zero-order chi connectivity index (χ0) is 19.5. The monoisotopic (exact) mass is 368 g/mol. The summed E-state index contributed by atoms with van der Waals surface area (Å²) in [6.07, 6.45) is 7.70. The number of nitrogens with one attached hydrogen (secondary N) is 2. The molecule has 6 N–H and O–H groups in total.